The molecule has 1 atom stereocenters. The maximum atomic E-state index is 9.86. The molecule has 0 saturated carbocycles. The Hall–Kier alpha value is -0.120. The van der Waals surface area contributed by atoms with E-state index in [-0.39, 0.29) is 0 Å². The normalized spacial score (nSPS) is 32.8. The minimum atomic E-state index is -0.401. The van der Waals surface area contributed by atoms with E-state index in [1.807, 2.05) is 6.92 Å². The van der Waals surface area contributed by atoms with Gasteiger partial charge in [-0.05, 0) is 51.6 Å². The lowest BCUT2D eigenvalue weighted by Crippen LogP contribution is -2.46. The Morgan fingerprint density at radius 3 is 2.73 bits per heavy atom. The Labute approximate surface area is 92.8 Å². The molecule has 3 heteroatoms. The third-order valence-electron chi connectivity index (χ3n) is 3.85. The fraction of sp³-hybridized carbons (Fsp3) is 1.00. The average Bonchev–Trinajstić information content (AvgIpc) is 2.23. The number of rotatable bonds is 2. The number of likely N-dealkylation sites (tertiary alicyclic amines) is 1. The summed E-state index contributed by atoms with van der Waals surface area (Å²) in [5.41, 5.74) is -0.401. The fourth-order valence-corrected chi connectivity index (χ4v) is 2.66. The van der Waals surface area contributed by atoms with Crippen LogP contribution in [0.15, 0.2) is 0 Å². The molecule has 0 aromatic rings. The van der Waals surface area contributed by atoms with Crippen LogP contribution in [-0.2, 0) is 0 Å². The van der Waals surface area contributed by atoms with E-state index in [1.165, 1.54) is 32.5 Å². The molecule has 0 aromatic heterocycles. The maximum Gasteiger partial charge on any atom is 0.0644 e. The maximum absolute atomic E-state index is 9.86. The number of piperidine rings is 2. The highest BCUT2D eigenvalue weighted by Gasteiger charge is 2.28. The van der Waals surface area contributed by atoms with E-state index in [1.54, 1.807) is 0 Å². The third kappa shape index (κ3) is 3.44. The van der Waals surface area contributed by atoms with Crippen LogP contribution in [0.1, 0.15) is 32.6 Å². The van der Waals surface area contributed by atoms with Gasteiger partial charge in [0.1, 0.15) is 0 Å². The predicted octanol–water partition coefficient (Wildman–Crippen LogP) is 0.833. The molecule has 2 aliphatic heterocycles. The molecule has 2 saturated heterocycles. The van der Waals surface area contributed by atoms with Gasteiger partial charge in [-0.1, -0.05) is 0 Å². The third-order valence-corrected chi connectivity index (χ3v) is 3.85. The molecule has 2 N–H and O–H groups in total. The van der Waals surface area contributed by atoms with Gasteiger partial charge in [-0.25, -0.2) is 0 Å². The van der Waals surface area contributed by atoms with Gasteiger partial charge >= 0.3 is 0 Å². The molecule has 0 bridgehead atoms. The van der Waals surface area contributed by atoms with Gasteiger partial charge in [0, 0.05) is 19.6 Å². The first kappa shape index (κ1) is 11.4. The van der Waals surface area contributed by atoms with Crippen LogP contribution in [0.2, 0.25) is 0 Å². The quantitative estimate of drug-likeness (QED) is 0.712. The number of hydrogen-bond donors (Lipinski definition) is 2. The zero-order valence-corrected chi connectivity index (χ0v) is 9.84. The molecule has 3 nitrogen and oxygen atoms in total. The summed E-state index contributed by atoms with van der Waals surface area (Å²) in [6, 6.07) is 0. The lowest BCUT2D eigenvalue weighted by molar-refractivity contribution is -0.00944. The first-order chi connectivity index (χ1) is 7.16. The summed E-state index contributed by atoms with van der Waals surface area (Å²) in [4.78, 5) is 2.52. The van der Waals surface area contributed by atoms with Crippen molar-refractivity contribution in [2.75, 3.05) is 32.7 Å². The topological polar surface area (TPSA) is 35.5 Å². The summed E-state index contributed by atoms with van der Waals surface area (Å²) in [7, 11) is 0. The SMILES string of the molecule is CC1(O)CCN(CC2CCCNC2)CC1. The second kappa shape index (κ2) is 4.81. The van der Waals surface area contributed by atoms with Gasteiger partial charge in [0.05, 0.1) is 5.60 Å². The number of nitrogens with one attached hydrogen (secondary N) is 1. The van der Waals surface area contributed by atoms with Crippen LogP contribution in [0.5, 0.6) is 0 Å². The molecule has 0 radical (unpaired) electrons. The van der Waals surface area contributed by atoms with E-state index in [4.69, 9.17) is 0 Å². The minimum absolute atomic E-state index is 0.401. The van der Waals surface area contributed by atoms with Gasteiger partial charge in [-0.3, -0.25) is 0 Å². The molecular formula is C12H24N2O. The highest BCUT2D eigenvalue weighted by Crippen LogP contribution is 2.22. The first-order valence-corrected chi connectivity index (χ1v) is 6.31. The Morgan fingerprint density at radius 1 is 1.40 bits per heavy atom. The van der Waals surface area contributed by atoms with Crippen molar-refractivity contribution in [3.05, 3.63) is 0 Å². The molecule has 88 valence electrons. The lowest BCUT2D eigenvalue weighted by Gasteiger charge is -2.38. The second-order valence-electron chi connectivity index (χ2n) is 5.51. The van der Waals surface area contributed by atoms with Gasteiger partial charge in [0.25, 0.3) is 0 Å². The zero-order chi connectivity index (χ0) is 10.7. The molecule has 2 aliphatic rings. The summed E-state index contributed by atoms with van der Waals surface area (Å²) in [6.45, 7) is 7.72. The van der Waals surface area contributed by atoms with Crippen molar-refractivity contribution in [2.45, 2.75) is 38.2 Å². The lowest BCUT2D eigenvalue weighted by atomic mass is 9.92. The van der Waals surface area contributed by atoms with Crippen molar-refractivity contribution in [2.24, 2.45) is 5.92 Å². The Morgan fingerprint density at radius 2 is 2.13 bits per heavy atom. The summed E-state index contributed by atoms with van der Waals surface area (Å²) in [5, 5.41) is 13.3. The van der Waals surface area contributed by atoms with Crippen LogP contribution in [0.25, 0.3) is 0 Å². The number of aliphatic hydroxyl groups is 1. The summed E-state index contributed by atoms with van der Waals surface area (Å²) < 4.78 is 0. The van der Waals surface area contributed by atoms with E-state index in [0.717, 1.165) is 31.8 Å². The average molecular weight is 212 g/mol. The summed E-state index contributed by atoms with van der Waals surface area (Å²) >= 11 is 0. The largest absolute Gasteiger partial charge is 0.390 e. The predicted molar refractivity (Wildman–Crippen MR) is 61.9 cm³/mol. The van der Waals surface area contributed by atoms with Gasteiger partial charge < -0.3 is 15.3 Å². The summed E-state index contributed by atoms with van der Waals surface area (Å²) in [6.07, 6.45) is 4.58. The van der Waals surface area contributed by atoms with Crippen molar-refractivity contribution in [1.82, 2.24) is 10.2 Å². The van der Waals surface area contributed by atoms with E-state index in [9.17, 15) is 5.11 Å². The van der Waals surface area contributed by atoms with Crippen molar-refractivity contribution < 1.29 is 5.11 Å². The van der Waals surface area contributed by atoms with Crippen LogP contribution in [0.4, 0.5) is 0 Å². The standard InChI is InChI=1S/C12H24N2O/c1-12(15)4-7-14(8-5-12)10-11-3-2-6-13-9-11/h11,13,15H,2-10H2,1H3. The van der Waals surface area contributed by atoms with Crippen molar-refractivity contribution in [3.8, 4) is 0 Å². The van der Waals surface area contributed by atoms with Crippen molar-refractivity contribution >= 4 is 0 Å². The van der Waals surface area contributed by atoms with Crippen molar-refractivity contribution in [1.29, 1.82) is 0 Å². The van der Waals surface area contributed by atoms with Gasteiger partial charge in [-0.15, -0.1) is 0 Å². The van der Waals surface area contributed by atoms with Crippen molar-refractivity contribution in [3.63, 3.8) is 0 Å². The molecule has 0 spiro atoms. The van der Waals surface area contributed by atoms with Crippen LogP contribution < -0.4 is 5.32 Å². The van der Waals surface area contributed by atoms with Gasteiger partial charge in [-0.2, -0.15) is 0 Å². The first-order valence-electron chi connectivity index (χ1n) is 6.31. The zero-order valence-electron chi connectivity index (χ0n) is 9.84. The molecule has 2 fully saturated rings. The van der Waals surface area contributed by atoms with E-state index in [0.29, 0.717) is 0 Å². The monoisotopic (exact) mass is 212 g/mol. The molecule has 0 aliphatic carbocycles. The van der Waals surface area contributed by atoms with Gasteiger partial charge in [0.15, 0.2) is 0 Å². The Kier molecular flexibility index (Phi) is 3.65. The highest BCUT2D eigenvalue weighted by molar-refractivity contribution is 4.83. The van der Waals surface area contributed by atoms with Crippen LogP contribution in [0, 0.1) is 5.92 Å². The highest BCUT2D eigenvalue weighted by atomic mass is 16.3. The minimum Gasteiger partial charge on any atom is -0.390 e. The Balaban J connectivity index is 1.71. The van der Waals surface area contributed by atoms with E-state index >= 15 is 0 Å². The van der Waals surface area contributed by atoms with Gasteiger partial charge in [0.2, 0.25) is 0 Å². The molecule has 0 amide bonds. The number of hydrogen-bond acceptors (Lipinski definition) is 3. The smallest absolute Gasteiger partial charge is 0.0644 e. The van der Waals surface area contributed by atoms with Crippen LogP contribution >= 0.6 is 0 Å². The molecule has 1 unspecified atom stereocenters. The Bertz CT molecular complexity index is 190. The molecule has 0 aromatic carbocycles. The summed E-state index contributed by atoms with van der Waals surface area (Å²) in [5.74, 6) is 0.835. The molecule has 2 rings (SSSR count). The van der Waals surface area contributed by atoms with Crippen LogP contribution in [0.3, 0.4) is 0 Å². The molecule has 2 heterocycles. The van der Waals surface area contributed by atoms with E-state index in [2.05, 4.69) is 10.2 Å². The van der Waals surface area contributed by atoms with Crippen LogP contribution in [-0.4, -0.2) is 48.3 Å². The fourth-order valence-electron chi connectivity index (χ4n) is 2.66. The molecular weight excluding hydrogens is 188 g/mol. The second-order valence-corrected chi connectivity index (χ2v) is 5.51. The molecule has 15 heavy (non-hydrogen) atoms. The number of nitrogens with zero attached hydrogens (tertiary/aromatic N) is 1. The van der Waals surface area contributed by atoms with E-state index < -0.39 is 5.60 Å².